The molecule has 1 heteroatoms. The van der Waals surface area contributed by atoms with Crippen molar-refractivity contribution in [3.8, 4) is 0 Å². The van der Waals surface area contributed by atoms with Gasteiger partial charge in [-0.15, -0.1) is 0 Å². The second kappa shape index (κ2) is 5.30. The molecule has 0 aliphatic heterocycles. The Kier molecular flexibility index (Phi) is 3.75. The first-order valence-electron chi connectivity index (χ1n) is 8.04. The highest BCUT2D eigenvalue weighted by Crippen LogP contribution is 2.49. The molecule has 1 nitrogen and oxygen atoms in total. The average molecular weight is 236 g/mol. The molecule has 0 amide bonds. The summed E-state index contributed by atoms with van der Waals surface area (Å²) in [6, 6.07) is 0. The van der Waals surface area contributed by atoms with Gasteiger partial charge in [0.25, 0.3) is 0 Å². The topological polar surface area (TPSA) is 20.2 Å². The molecule has 4 atom stereocenters. The number of hydrogen-bond donors (Lipinski definition) is 1. The largest absolute Gasteiger partial charge is 0.393 e. The van der Waals surface area contributed by atoms with E-state index in [4.69, 9.17) is 0 Å². The fourth-order valence-corrected chi connectivity index (χ4v) is 5.14. The van der Waals surface area contributed by atoms with Crippen molar-refractivity contribution >= 4 is 0 Å². The van der Waals surface area contributed by atoms with E-state index in [1.165, 1.54) is 64.2 Å². The summed E-state index contributed by atoms with van der Waals surface area (Å²) < 4.78 is 0. The molecule has 0 aromatic heterocycles. The van der Waals surface area contributed by atoms with Gasteiger partial charge in [0.05, 0.1) is 6.10 Å². The Morgan fingerprint density at radius 3 is 1.94 bits per heavy atom. The van der Waals surface area contributed by atoms with Crippen LogP contribution < -0.4 is 0 Å². The smallest absolute Gasteiger partial charge is 0.0571 e. The van der Waals surface area contributed by atoms with Gasteiger partial charge in [-0.2, -0.15) is 0 Å². The maximum absolute atomic E-state index is 10.2. The Bertz CT molecular complexity index is 244. The summed E-state index contributed by atoms with van der Waals surface area (Å²) in [5.74, 6) is 3.55. The number of aliphatic hydroxyl groups excluding tert-OH is 1. The first kappa shape index (κ1) is 12.0. The lowest BCUT2D eigenvalue weighted by Gasteiger charge is -2.47. The third-order valence-electron chi connectivity index (χ3n) is 5.97. The van der Waals surface area contributed by atoms with E-state index >= 15 is 0 Å². The van der Waals surface area contributed by atoms with Gasteiger partial charge in [-0.25, -0.2) is 0 Å². The molecule has 3 unspecified atom stereocenters. The molecule has 3 rings (SSSR count). The number of rotatable bonds is 1. The van der Waals surface area contributed by atoms with Crippen molar-refractivity contribution in [3.05, 3.63) is 0 Å². The second-order valence-electron chi connectivity index (χ2n) is 6.82. The van der Waals surface area contributed by atoms with Crippen LogP contribution >= 0.6 is 0 Å². The molecular weight excluding hydrogens is 208 g/mol. The van der Waals surface area contributed by atoms with Crippen molar-refractivity contribution in [1.82, 2.24) is 0 Å². The summed E-state index contributed by atoms with van der Waals surface area (Å²) >= 11 is 0. The molecule has 3 fully saturated rings. The van der Waals surface area contributed by atoms with E-state index in [-0.39, 0.29) is 6.10 Å². The van der Waals surface area contributed by atoms with Gasteiger partial charge in [0, 0.05) is 0 Å². The van der Waals surface area contributed by atoms with E-state index in [0.717, 1.165) is 24.2 Å². The summed E-state index contributed by atoms with van der Waals surface area (Å²) in [7, 11) is 0. The normalized spacial score (nSPS) is 44.3. The van der Waals surface area contributed by atoms with Crippen molar-refractivity contribution in [2.45, 2.75) is 76.7 Å². The molecule has 0 aromatic carbocycles. The lowest BCUT2D eigenvalue weighted by atomic mass is 9.59. The molecule has 0 radical (unpaired) electrons. The highest BCUT2D eigenvalue weighted by Gasteiger charge is 2.42. The minimum atomic E-state index is 0.0418. The molecule has 0 aromatic rings. The highest BCUT2D eigenvalue weighted by molar-refractivity contribution is 4.92. The molecule has 0 heterocycles. The molecule has 0 saturated heterocycles. The van der Waals surface area contributed by atoms with Crippen LogP contribution in [-0.2, 0) is 0 Å². The molecule has 3 aliphatic rings. The minimum Gasteiger partial charge on any atom is -0.393 e. The SMILES string of the molecule is O[C@@H]1CCC(C2CCCCC2)C2CCCCC21. The van der Waals surface area contributed by atoms with Gasteiger partial charge in [0.1, 0.15) is 0 Å². The molecule has 0 bridgehead atoms. The lowest BCUT2D eigenvalue weighted by molar-refractivity contribution is -0.0417. The zero-order valence-electron chi connectivity index (χ0n) is 11.1. The van der Waals surface area contributed by atoms with E-state index in [9.17, 15) is 5.11 Å². The van der Waals surface area contributed by atoms with Crippen molar-refractivity contribution in [1.29, 1.82) is 0 Å². The Hall–Kier alpha value is -0.0400. The lowest BCUT2D eigenvalue weighted by Crippen LogP contribution is -2.42. The fourth-order valence-electron chi connectivity index (χ4n) is 5.14. The van der Waals surface area contributed by atoms with E-state index in [0.29, 0.717) is 5.92 Å². The minimum absolute atomic E-state index is 0.0418. The average Bonchev–Trinajstić information content (AvgIpc) is 2.41. The quantitative estimate of drug-likeness (QED) is 0.725. The predicted molar refractivity (Wildman–Crippen MR) is 70.8 cm³/mol. The van der Waals surface area contributed by atoms with Crippen molar-refractivity contribution in [2.75, 3.05) is 0 Å². The van der Waals surface area contributed by atoms with Crippen LogP contribution in [0.5, 0.6) is 0 Å². The number of hydrogen-bond acceptors (Lipinski definition) is 1. The standard InChI is InChI=1S/C16H28O/c17-16-11-10-13(12-6-2-1-3-7-12)14-8-4-5-9-15(14)16/h12-17H,1-11H2/t13?,14?,15?,16-/m1/s1. The fraction of sp³-hybridized carbons (Fsp3) is 1.00. The first-order chi connectivity index (χ1) is 8.36. The molecule has 0 spiro atoms. The van der Waals surface area contributed by atoms with Crippen LogP contribution in [0.4, 0.5) is 0 Å². The molecule has 98 valence electrons. The van der Waals surface area contributed by atoms with Gasteiger partial charge in [-0.05, 0) is 49.4 Å². The summed E-state index contributed by atoms with van der Waals surface area (Å²) in [6.45, 7) is 0. The maximum Gasteiger partial charge on any atom is 0.0571 e. The summed E-state index contributed by atoms with van der Waals surface area (Å²) in [5.41, 5.74) is 0. The Balaban J connectivity index is 1.70. The number of aliphatic hydroxyl groups is 1. The molecule has 17 heavy (non-hydrogen) atoms. The molecule has 3 saturated carbocycles. The van der Waals surface area contributed by atoms with Crippen molar-refractivity contribution in [2.24, 2.45) is 23.7 Å². The van der Waals surface area contributed by atoms with Gasteiger partial charge >= 0.3 is 0 Å². The molecule has 3 aliphatic carbocycles. The monoisotopic (exact) mass is 236 g/mol. The highest BCUT2D eigenvalue weighted by atomic mass is 16.3. The van der Waals surface area contributed by atoms with Gasteiger partial charge < -0.3 is 5.11 Å². The molecular formula is C16H28O. The first-order valence-corrected chi connectivity index (χ1v) is 8.04. The van der Waals surface area contributed by atoms with Crippen LogP contribution in [0.3, 0.4) is 0 Å². The summed E-state index contributed by atoms with van der Waals surface area (Å²) in [5, 5.41) is 10.2. The van der Waals surface area contributed by atoms with Crippen LogP contribution in [0.25, 0.3) is 0 Å². The maximum atomic E-state index is 10.2. The Morgan fingerprint density at radius 2 is 1.18 bits per heavy atom. The van der Waals surface area contributed by atoms with Crippen LogP contribution in [0, 0.1) is 23.7 Å². The van der Waals surface area contributed by atoms with Crippen LogP contribution in [0.1, 0.15) is 70.6 Å². The second-order valence-corrected chi connectivity index (χ2v) is 6.82. The zero-order valence-corrected chi connectivity index (χ0v) is 11.1. The van der Waals surface area contributed by atoms with Crippen LogP contribution in [0.15, 0.2) is 0 Å². The van der Waals surface area contributed by atoms with E-state index in [2.05, 4.69) is 0 Å². The van der Waals surface area contributed by atoms with E-state index in [1.807, 2.05) is 0 Å². The van der Waals surface area contributed by atoms with Crippen LogP contribution in [-0.4, -0.2) is 11.2 Å². The Labute approximate surface area is 106 Å². The molecule has 1 N–H and O–H groups in total. The van der Waals surface area contributed by atoms with Crippen molar-refractivity contribution in [3.63, 3.8) is 0 Å². The Morgan fingerprint density at radius 1 is 0.529 bits per heavy atom. The van der Waals surface area contributed by atoms with Crippen molar-refractivity contribution < 1.29 is 5.11 Å². The third-order valence-corrected chi connectivity index (χ3v) is 5.97. The predicted octanol–water partition coefficient (Wildman–Crippen LogP) is 4.14. The van der Waals surface area contributed by atoms with E-state index in [1.54, 1.807) is 0 Å². The van der Waals surface area contributed by atoms with Gasteiger partial charge in [-0.1, -0.05) is 44.9 Å². The zero-order chi connectivity index (χ0) is 11.7. The summed E-state index contributed by atoms with van der Waals surface area (Å²) in [6.07, 6.45) is 15.4. The summed E-state index contributed by atoms with van der Waals surface area (Å²) in [4.78, 5) is 0. The van der Waals surface area contributed by atoms with Gasteiger partial charge in [0.2, 0.25) is 0 Å². The van der Waals surface area contributed by atoms with Gasteiger partial charge in [-0.3, -0.25) is 0 Å². The van der Waals surface area contributed by atoms with E-state index < -0.39 is 0 Å². The third kappa shape index (κ3) is 2.41. The van der Waals surface area contributed by atoms with Gasteiger partial charge in [0.15, 0.2) is 0 Å². The number of fused-ring (bicyclic) bond motifs is 1. The van der Waals surface area contributed by atoms with Crippen LogP contribution in [0.2, 0.25) is 0 Å².